The topological polar surface area (TPSA) is 87.3 Å². The van der Waals surface area contributed by atoms with E-state index in [0.29, 0.717) is 44.3 Å². The molecule has 1 amide bonds. The van der Waals surface area contributed by atoms with Crippen molar-refractivity contribution in [2.45, 2.75) is 84.6 Å². The van der Waals surface area contributed by atoms with Crippen molar-refractivity contribution in [3.05, 3.63) is 40.6 Å². The highest BCUT2D eigenvalue weighted by Crippen LogP contribution is 2.46. The second-order valence-corrected chi connectivity index (χ2v) is 11.2. The molecule has 35 heavy (non-hydrogen) atoms. The summed E-state index contributed by atoms with van der Waals surface area (Å²) in [6.07, 6.45) is 6.61. The van der Waals surface area contributed by atoms with Crippen LogP contribution in [0.1, 0.15) is 74.7 Å². The minimum Gasteiger partial charge on any atom is -0.370 e. The number of aromatic nitrogens is 3. The molecule has 8 nitrogen and oxygen atoms in total. The molecule has 1 saturated carbocycles. The maximum absolute atomic E-state index is 13.3. The van der Waals surface area contributed by atoms with Gasteiger partial charge in [0.1, 0.15) is 24.3 Å². The van der Waals surface area contributed by atoms with E-state index in [2.05, 4.69) is 43.6 Å². The lowest BCUT2D eigenvalue weighted by molar-refractivity contribution is -0.135. The number of amides is 1. The summed E-state index contributed by atoms with van der Waals surface area (Å²) in [4.78, 5) is 26.9. The minimum atomic E-state index is -0.297. The molecule has 0 aromatic carbocycles. The number of piperazine rings is 1. The van der Waals surface area contributed by atoms with Gasteiger partial charge in [-0.2, -0.15) is 5.26 Å². The first-order valence-corrected chi connectivity index (χ1v) is 12.8. The average Bonchev–Trinajstić information content (AvgIpc) is 3.59. The molecule has 2 fully saturated rings. The lowest BCUT2D eigenvalue weighted by Gasteiger charge is -2.44. The van der Waals surface area contributed by atoms with Crippen LogP contribution in [0.25, 0.3) is 0 Å². The first-order valence-electron chi connectivity index (χ1n) is 12.8. The molecule has 4 heterocycles. The summed E-state index contributed by atoms with van der Waals surface area (Å²) in [6, 6.07) is 2.56. The van der Waals surface area contributed by atoms with Crippen LogP contribution in [0.5, 0.6) is 0 Å². The van der Waals surface area contributed by atoms with E-state index >= 15 is 0 Å². The average molecular weight is 477 g/mol. The Morgan fingerprint density at radius 3 is 2.69 bits per heavy atom. The van der Waals surface area contributed by atoms with Crippen LogP contribution >= 0.6 is 0 Å². The fourth-order valence-corrected chi connectivity index (χ4v) is 5.51. The molecule has 1 unspecified atom stereocenters. The van der Waals surface area contributed by atoms with Crippen LogP contribution in [0.3, 0.4) is 0 Å². The molecule has 186 valence electrons. The van der Waals surface area contributed by atoms with Crippen LogP contribution in [0.15, 0.2) is 12.4 Å². The first kappa shape index (κ1) is 23.8. The van der Waals surface area contributed by atoms with Gasteiger partial charge in [-0.05, 0) is 45.1 Å². The number of anilines is 1. The molecule has 2 aliphatic heterocycles. The van der Waals surface area contributed by atoms with E-state index in [9.17, 15) is 10.1 Å². The standard InChI is InChI=1S/C27H36N6O2/c1-17(2)23-14-32(10-11-33(23)24(34)15-31-9-8-29-18(31)3)26-21(13-28)20-12-27(4,5)35-16-22(20)25(30-26)19-6-7-19/h8-9,17,19,23H,6-7,10-12,14-16H2,1-5H3. The molecule has 0 spiro atoms. The van der Waals surface area contributed by atoms with E-state index in [4.69, 9.17) is 9.72 Å². The number of nitrogens with zero attached hydrogens (tertiary/aromatic N) is 6. The number of pyridine rings is 1. The summed E-state index contributed by atoms with van der Waals surface area (Å²) in [6.45, 7) is 13.2. The molecule has 8 heteroatoms. The number of aryl methyl sites for hydroxylation is 1. The zero-order chi connectivity index (χ0) is 24.9. The Balaban J connectivity index is 1.46. The second-order valence-electron chi connectivity index (χ2n) is 11.2. The van der Waals surface area contributed by atoms with Gasteiger partial charge in [0, 0.05) is 49.9 Å². The smallest absolute Gasteiger partial charge is 0.242 e. The molecule has 0 radical (unpaired) electrons. The number of carbonyl (C=O) groups is 1. The largest absolute Gasteiger partial charge is 0.370 e. The van der Waals surface area contributed by atoms with Crippen LogP contribution in [0, 0.1) is 24.2 Å². The van der Waals surface area contributed by atoms with Crippen molar-refractivity contribution in [2.24, 2.45) is 5.92 Å². The third kappa shape index (κ3) is 4.54. The molecule has 5 rings (SSSR count). The Bertz CT molecular complexity index is 1170. The number of hydrogen-bond donors (Lipinski definition) is 0. The third-order valence-corrected chi connectivity index (χ3v) is 7.75. The lowest BCUT2D eigenvalue weighted by atomic mass is 9.87. The summed E-state index contributed by atoms with van der Waals surface area (Å²) < 4.78 is 8.02. The van der Waals surface area contributed by atoms with Crippen LogP contribution in [0.4, 0.5) is 5.82 Å². The van der Waals surface area contributed by atoms with Crippen LogP contribution in [-0.2, 0) is 29.1 Å². The lowest BCUT2D eigenvalue weighted by Crippen LogP contribution is -2.58. The van der Waals surface area contributed by atoms with Gasteiger partial charge in [0.25, 0.3) is 0 Å². The van der Waals surface area contributed by atoms with Crippen molar-refractivity contribution in [1.29, 1.82) is 5.26 Å². The predicted molar refractivity (Wildman–Crippen MR) is 133 cm³/mol. The number of rotatable bonds is 5. The van der Waals surface area contributed by atoms with E-state index in [0.717, 1.165) is 47.7 Å². The van der Waals surface area contributed by atoms with Crippen molar-refractivity contribution in [1.82, 2.24) is 19.4 Å². The number of ether oxygens (including phenoxy) is 1. The molecule has 1 atom stereocenters. The Labute approximate surface area is 207 Å². The van der Waals surface area contributed by atoms with E-state index < -0.39 is 0 Å². The zero-order valence-electron chi connectivity index (χ0n) is 21.5. The van der Waals surface area contributed by atoms with E-state index in [1.165, 1.54) is 0 Å². The highest BCUT2D eigenvalue weighted by Gasteiger charge is 2.39. The third-order valence-electron chi connectivity index (χ3n) is 7.75. The fraction of sp³-hybridized carbons (Fsp3) is 0.630. The summed E-state index contributed by atoms with van der Waals surface area (Å²) in [5.74, 6) is 2.51. The molecule has 0 bridgehead atoms. The molecule has 1 saturated heterocycles. The highest BCUT2D eigenvalue weighted by molar-refractivity contribution is 5.77. The van der Waals surface area contributed by atoms with Crippen molar-refractivity contribution in [3.63, 3.8) is 0 Å². The monoisotopic (exact) mass is 476 g/mol. The van der Waals surface area contributed by atoms with Gasteiger partial charge in [-0.25, -0.2) is 9.97 Å². The summed E-state index contributed by atoms with van der Waals surface area (Å²) in [5, 5.41) is 10.3. The van der Waals surface area contributed by atoms with Gasteiger partial charge >= 0.3 is 0 Å². The molecule has 2 aromatic heterocycles. The number of hydrogen-bond acceptors (Lipinski definition) is 6. The van der Waals surface area contributed by atoms with Gasteiger partial charge in [-0.15, -0.1) is 0 Å². The van der Waals surface area contributed by atoms with Crippen molar-refractivity contribution in [2.75, 3.05) is 24.5 Å². The normalized spacial score (nSPS) is 21.7. The molecular weight excluding hydrogens is 440 g/mol. The fourth-order valence-electron chi connectivity index (χ4n) is 5.51. The van der Waals surface area contributed by atoms with Gasteiger partial charge in [0.05, 0.1) is 29.5 Å². The van der Waals surface area contributed by atoms with Gasteiger partial charge in [-0.3, -0.25) is 4.79 Å². The number of nitriles is 1. The number of imidazole rings is 1. The minimum absolute atomic E-state index is 0.0496. The quantitative estimate of drug-likeness (QED) is 0.656. The maximum atomic E-state index is 13.3. The van der Waals surface area contributed by atoms with Gasteiger partial charge in [0.2, 0.25) is 5.91 Å². The van der Waals surface area contributed by atoms with Crippen LogP contribution < -0.4 is 4.90 Å². The summed E-state index contributed by atoms with van der Waals surface area (Å²) in [5.41, 5.74) is 3.77. The van der Waals surface area contributed by atoms with Crippen LogP contribution in [0.2, 0.25) is 0 Å². The SMILES string of the molecule is Cc1nccn1CC(=O)N1CCN(c2nc(C3CC3)c3c(c2C#N)CC(C)(C)OC3)CC1C(C)C. The second kappa shape index (κ2) is 8.94. The van der Waals surface area contributed by atoms with Crippen molar-refractivity contribution < 1.29 is 9.53 Å². The van der Waals surface area contributed by atoms with Gasteiger partial charge in [0.15, 0.2) is 0 Å². The molecule has 3 aliphatic rings. The molecule has 1 aliphatic carbocycles. The van der Waals surface area contributed by atoms with E-state index in [1.807, 2.05) is 22.6 Å². The van der Waals surface area contributed by atoms with Crippen molar-refractivity contribution >= 4 is 11.7 Å². The maximum Gasteiger partial charge on any atom is 0.242 e. The zero-order valence-corrected chi connectivity index (χ0v) is 21.5. The van der Waals surface area contributed by atoms with Gasteiger partial charge < -0.3 is 19.1 Å². The summed E-state index contributed by atoms with van der Waals surface area (Å²) in [7, 11) is 0. The van der Waals surface area contributed by atoms with E-state index in [-0.39, 0.29) is 23.5 Å². The Morgan fingerprint density at radius 2 is 2.06 bits per heavy atom. The Hall–Kier alpha value is -2.92. The van der Waals surface area contributed by atoms with E-state index in [1.54, 1.807) is 6.20 Å². The summed E-state index contributed by atoms with van der Waals surface area (Å²) >= 11 is 0. The highest BCUT2D eigenvalue weighted by atomic mass is 16.5. The van der Waals surface area contributed by atoms with Crippen LogP contribution in [-0.4, -0.2) is 56.6 Å². The van der Waals surface area contributed by atoms with Crippen molar-refractivity contribution in [3.8, 4) is 6.07 Å². The molecule has 0 N–H and O–H groups in total. The first-order chi connectivity index (χ1) is 16.7. The predicted octanol–water partition coefficient (Wildman–Crippen LogP) is 3.56. The Kier molecular flexibility index (Phi) is 6.08. The van der Waals surface area contributed by atoms with Gasteiger partial charge in [-0.1, -0.05) is 13.8 Å². The Morgan fingerprint density at radius 1 is 1.29 bits per heavy atom. The molecular formula is C27H36N6O2. The molecule has 2 aromatic rings. The number of fused-ring (bicyclic) bond motifs is 1. The number of carbonyl (C=O) groups excluding carboxylic acids is 1.